The van der Waals surface area contributed by atoms with Gasteiger partial charge in [0.25, 0.3) is 0 Å². The van der Waals surface area contributed by atoms with Gasteiger partial charge in [0.15, 0.2) is 5.96 Å². The summed E-state index contributed by atoms with van der Waals surface area (Å²) < 4.78 is 5.51. The first kappa shape index (κ1) is 23.6. The summed E-state index contributed by atoms with van der Waals surface area (Å²) in [5.74, 6) is 2.93. The fourth-order valence-electron chi connectivity index (χ4n) is 3.61. The number of anilines is 1. The first-order chi connectivity index (χ1) is 13.2. The number of hydrogen-bond acceptors (Lipinski definition) is 4. The standard InChI is InChI=1S/C21H34N4OS.HI/c1-4-22-21(25-11-14-27-20(16-25)17(2)3)23-15-18-7-5-6-8-19(18)24-9-12-26-13-10-24;/h5-8,17,20H,4,9-16H2,1-3H3,(H,22,23);1H. The molecular formula is C21H35IN4OS. The average Bonchev–Trinajstić information content (AvgIpc) is 2.72. The molecule has 0 radical (unpaired) electrons. The van der Waals surface area contributed by atoms with Crippen molar-refractivity contribution in [3.05, 3.63) is 29.8 Å². The number of benzene rings is 1. The lowest BCUT2D eigenvalue weighted by atomic mass is 10.1. The van der Waals surface area contributed by atoms with Crippen LogP contribution in [0.2, 0.25) is 0 Å². The van der Waals surface area contributed by atoms with Gasteiger partial charge in [-0.3, -0.25) is 0 Å². The van der Waals surface area contributed by atoms with Crippen LogP contribution in [0.15, 0.2) is 29.3 Å². The van der Waals surface area contributed by atoms with Gasteiger partial charge in [0.2, 0.25) is 0 Å². The van der Waals surface area contributed by atoms with Crippen LogP contribution in [0.25, 0.3) is 0 Å². The number of nitrogens with one attached hydrogen (secondary N) is 1. The molecular weight excluding hydrogens is 483 g/mol. The second-order valence-electron chi connectivity index (χ2n) is 7.50. The van der Waals surface area contributed by atoms with Gasteiger partial charge in [-0.05, 0) is 24.5 Å². The van der Waals surface area contributed by atoms with Crippen LogP contribution in [0.4, 0.5) is 5.69 Å². The third-order valence-corrected chi connectivity index (χ3v) is 6.75. The molecule has 1 aromatic rings. The molecule has 2 aliphatic rings. The number of nitrogens with zero attached hydrogens (tertiary/aromatic N) is 3. The topological polar surface area (TPSA) is 40.1 Å². The molecule has 1 N–H and O–H groups in total. The minimum absolute atomic E-state index is 0. The summed E-state index contributed by atoms with van der Waals surface area (Å²) in [4.78, 5) is 9.89. The van der Waals surface area contributed by atoms with Gasteiger partial charge in [-0.25, -0.2) is 4.99 Å². The van der Waals surface area contributed by atoms with E-state index in [4.69, 9.17) is 9.73 Å². The summed E-state index contributed by atoms with van der Waals surface area (Å²) in [7, 11) is 0. The summed E-state index contributed by atoms with van der Waals surface area (Å²) in [6.07, 6.45) is 0. The van der Waals surface area contributed by atoms with E-state index in [-0.39, 0.29) is 24.0 Å². The highest BCUT2D eigenvalue weighted by Crippen LogP contribution is 2.26. The predicted molar refractivity (Wildman–Crippen MR) is 132 cm³/mol. The fraction of sp³-hybridized carbons (Fsp3) is 0.667. The molecule has 7 heteroatoms. The Labute approximate surface area is 191 Å². The van der Waals surface area contributed by atoms with Gasteiger partial charge in [0.05, 0.1) is 19.8 Å². The summed E-state index contributed by atoms with van der Waals surface area (Å²) in [5, 5.41) is 4.20. The van der Waals surface area contributed by atoms with E-state index in [2.05, 4.69) is 71.9 Å². The Bertz CT molecular complexity index is 622. The number of halogens is 1. The number of rotatable bonds is 5. The van der Waals surface area contributed by atoms with E-state index >= 15 is 0 Å². The number of morpholine rings is 1. The summed E-state index contributed by atoms with van der Waals surface area (Å²) in [5.41, 5.74) is 2.59. The molecule has 158 valence electrons. The highest BCUT2D eigenvalue weighted by atomic mass is 127. The lowest BCUT2D eigenvalue weighted by Gasteiger charge is -2.36. The molecule has 0 aromatic heterocycles. The Morgan fingerprint density at radius 1 is 1.25 bits per heavy atom. The zero-order chi connectivity index (χ0) is 19.1. The maximum atomic E-state index is 5.51. The number of aliphatic imine (C=N–C) groups is 1. The normalized spacial score (nSPS) is 20.9. The number of thioether (sulfide) groups is 1. The number of ether oxygens (including phenoxy) is 1. The summed E-state index contributed by atoms with van der Waals surface area (Å²) in [6.45, 7) is 14.1. The number of hydrogen-bond donors (Lipinski definition) is 1. The van der Waals surface area contributed by atoms with Crippen LogP contribution in [0.3, 0.4) is 0 Å². The molecule has 5 nitrogen and oxygen atoms in total. The third-order valence-electron chi connectivity index (χ3n) is 5.21. The van der Waals surface area contributed by atoms with Crippen molar-refractivity contribution < 1.29 is 4.74 Å². The van der Waals surface area contributed by atoms with Crippen molar-refractivity contribution in [3.63, 3.8) is 0 Å². The molecule has 0 saturated carbocycles. The molecule has 2 heterocycles. The van der Waals surface area contributed by atoms with Gasteiger partial charge in [-0.2, -0.15) is 11.8 Å². The molecule has 2 saturated heterocycles. The van der Waals surface area contributed by atoms with Crippen LogP contribution in [-0.4, -0.2) is 67.8 Å². The minimum Gasteiger partial charge on any atom is -0.378 e. The van der Waals surface area contributed by atoms with Gasteiger partial charge in [-0.15, -0.1) is 24.0 Å². The van der Waals surface area contributed by atoms with E-state index in [1.807, 2.05) is 0 Å². The quantitative estimate of drug-likeness (QED) is 0.366. The van der Waals surface area contributed by atoms with Crippen LogP contribution in [-0.2, 0) is 11.3 Å². The first-order valence-electron chi connectivity index (χ1n) is 10.2. The van der Waals surface area contributed by atoms with Crippen LogP contribution in [0.5, 0.6) is 0 Å². The van der Waals surface area contributed by atoms with Crippen molar-refractivity contribution in [2.45, 2.75) is 32.6 Å². The molecule has 3 rings (SSSR count). The molecule has 2 aliphatic heterocycles. The second-order valence-corrected chi connectivity index (χ2v) is 8.84. The average molecular weight is 519 g/mol. The predicted octanol–water partition coefficient (Wildman–Crippen LogP) is 3.68. The lowest BCUT2D eigenvalue weighted by molar-refractivity contribution is 0.122. The number of para-hydroxylation sites is 1. The fourth-order valence-corrected chi connectivity index (χ4v) is 4.91. The zero-order valence-electron chi connectivity index (χ0n) is 17.4. The summed E-state index contributed by atoms with van der Waals surface area (Å²) >= 11 is 2.10. The Morgan fingerprint density at radius 3 is 2.71 bits per heavy atom. The second kappa shape index (κ2) is 12.1. The maximum absolute atomic E-state index is 5.51. The SMILES string of the molecule is CCNC(=NCc1ccccc1N1CCOCC1)N1CCSC(C(C)C)C1.I. The van der Waals surface area contributed by atoms with Gasteiger partial charge in [-0.1, -0.05) is 32.0 Å². The largest absolute Gasteiger partial charge is 0.378 e. The van der Waals surface area contributed by atoms with Gasteiger partial charge in [0.1, 0.15) is 0 Å². The molecule has 0 aliphatic carbocycles. The molecule has 0 spiro atoms. The molecule has 2 fully saturated rings. The van der Waals surface area contributed by atoms with Crippen LogP contribution >= 0.6 is 35.7 Å². The van der Waals surface area contributed by atoms with Crippen molar-refractivity contribution >= 4 is 47.4 Å². The van der Waals surface area contributed by atoms with Crippen molar-refractivity contribution in [2.24, 2.45) is 10.9 Å². The Morgan fingerprint density at radius 2 is 2.00 bits per heavy atom. The Hall–Kier alpha value is -0.670. The molecule has 0 amide bonds. The molecule has 28 heavy (non-hydrogen) atoms. The van der Waals surface area contributed by atoms with E-state index in [1.54, 1.807) is 0 Å². The summed E-state index contributed by atoms with van der Waals surface area (Å²) in [6, 6.07) is 8.67. The molecule has 1 aromatic carbocycles. The van der Waals surface area contributed by atoms with Crippen LogP contribution in [0, 0.1) is 5.92 Å². The van der Waals surface area contributed by atoms with Gasteiger partial charge in [0, 0.05) is 49.4 Å². The van der Waals surface area contributed by atoms with Crippen molar-refractivity contribution in [2.75, 3.05) is 56.6 Å². The van der Waals surface area contributed by atoms with E-state index < -0.39 is 0 Å². The highest BCUT2D eigenvalue weighted by molar-refractivity contribution is 14.0. The Kier molecular flexibility index (Phi) is 10.2. The van der Waals surface area contributed by atoms with Crippen molar-refractivity contribution in [3.8, 4) is 0 Å². The van der Waals surface area contributed by atoms with Crippen molar-refractivity contribution in [1.82, 2.24) is 10.2 Å². The third kappa shape index (κ3) is 6.42. The monoisotopic (exact) mass is 518 g/mol. The Balaban J connectivity index is 0.00000280. The van der Waals surface area contributed by atoms with E-state index in [9.17, 15) is 0 Å². The van der Waals surface area contributed by atoms with Crippen LogP contribution < -0.4 is 10.2 Å². The number of guanidine groups is 1. The van der Waals surface area contributed by atoms with E-state index in [1.165, 1.54) is 17.0 Å². The van der Waals surface area contributed by atoms with E-state index in [0.717, 1.165) is 51.9 Å². The van der Waals surface area contributed by atoms with Crippen LogP contribution in [0.1, 0.15) is 26.3 Å². The molecule has 1 unspecified atom stereocenters. The van der Waals surface area contributed by atoms with E-state index in [0.29, 0.717) is 17.7 Å². The van der Waals surface area contributed by atoms with Gasteiger partial charge >= 0.3 is 0 Å². The maximum Gasteiger partial charge on any atom is 0.194 e. The molecule has 1 atom stereocenters. The smallest absolute Gasteiger partial charge is 0.194 e. The minimum atomic E-state index is 0. The lowest BCUT2D eigenvalue weighted by Crippen LogP contribution is -2.49. The van der Waals surface area contributed by atoms with Gasteiger partial charge < -0.3 is 19.9 Å². The zero-order valence-corrected chi connectivity index (χ0v) is 20.5. The molecule has 0 bridgehead atoms. The first-order valence-corrected chi connectivity index (χ1v) is 11.3. The van der Waals surface area contributed by atoms with Crippen molar-refractivity contribution in [1.29, 1.82) is 0 Å². The highest BCUT2D eigenvalue weighted by Gasteiger charge is 2.25.